The second kappa shape index (κ2) is 6.95. The molecule has 1 aliphatic heterocycles. The molecule has 0 radical (unpaired) electrons. The Morgan fingerprint density at radius 3 is 2.41 bits per heavy atom. The molecule has 8 nitrogen and oxygen atoms in total. The van der Waals surface area contributed by atoms with Crippen LogP contribution in [0.4, 0.5) is 0 Å². The standard InChI is InChI=1S/C21H28O8/c1-9(2)18(23)29-16-13-10(3)19(24)28-15(13)14-12(7-8-20(14,5)25)21(6,26)17(16)27-11(4)22/h7-9,12-17,25-26H,3H2,1-2,4-6H3. The fourth-order valence-electron chi connectivity index (χ4n) is 4.76. The summed E-state index contributed by atoms with van der Waals surface area (Å²) in [5.41, 5.74) is -3.07. The van der Waals surface area contributed by atoms with Gasteiger partial charge in [0, 0.05) is 24.3 Å². The molecule has 0 aromatic carbocycles. The van der Waals surface area contributed by atoms with Crippen molar-refractivity contribution in [3.8, 4) is 0 Å². The largest absolute Gasteiger partial charge is 0.458 e. The molecule has 0 bridgehead atoms. The van der Waals surface area contributed by atoms with E-state index in [1.807, 2.05) is 0 Å². The van der Waals surface area contributed by atoms with Gasteiger partial charge in [-0.3, -0.25) is 9.59 Å². The molecular weight excluding hydrogens is 380 g/mol. The summed E-state index contributed by atoms with van der Waals surface area (Å²) in [5, 5.41) is 22.5. The van der Waals surface area contributed by atoms with Gasteiger partial charge in [0.05, 0.1) is 17.4 Å². The van der Waals surface area contributed by atoms with Gasteiger partial charge in [-0.2, -0.15) is 0 Å². The van der Waals surface area contributed by atoms with Crippen molar-refractivity contribution in [1.82, 2.24) is 0 Å². The number of carbonyl (C=O) groups excluding carboxylic acids is 3. The topological polar surface area (TPSA) is 119 Å². The van der Waals surface area contributed by atoms with Crippen LogP contribution in [0.25, 0.3) is 0 Å². The second-order valence-corrected chi connectivity index (χ2v) is 8.87. The lowest BCUT2D eigenvalue weighted by Gasteiger charge is -2.40. The van der Waals surface area contributed by atoms with E-state index in [1.165, 1.54) is 19.9 Å². The fourth-order valence-corrected chi connectivity index (χ4v) is 4.76. The molecule has 1 saturated carbocycles. The zero-order valence-corrected chi connectivity index (χ0v) is 17.2. The average molecular weight is 408 g/mol. The Kier molecular flexibility index (Phi) is 5.16. The maximum Gasteiger partial charge on any atom is 0.334 e. The first kappa shape index (κ1) is 21.5. The van der Waals surface area contributed by atoms with E-state index in [9.17, 15) is 24.6 Å². The van der Waals surface area contributed by atoms with Gasteiger partial charge >= 0.3 is 17.9 Å². The SMILES string of the molecule is C=C1C(=O)OC2C1C(OC(=O)C(C)C)C(OC(C)=O)C(C)(O)C1C=CC(C)(O)C21. The number of esters is 3. The summed E-state index contributed by atoms with van der Waals surface area (Å²) in [4.78, 5) is 36.7. The molecular formula is C21H28O8. The van der Waals surface area contributed by atoms with E-state index >= 15 is 0 Å². The molecule has 8 heteroatoms. The third kappa shape index (κ3) is 3.38. The van der Waals surface area contributed by atoms with Gasteiger partial charge in [-0.15, -0.1) is 0 Å². The van der Waals surface area contributed by atoms with Crippen LogP contribution in [-0.2, 0) is 28.6 Å². The molecule has 2 fully saturated rings. The predicted octanol–water partition coefficient (Wildman–Crippen LogP) is 0.901. The van der Waals surface area contributed by atoms with Crippen LogP contribution in [0.3, 0.4) is 0 Å². The Hall–Kier alpha value is -2.19. The fraction of sp³-hybridized carbons (Fsp3) is 0.667. The predicted molar refractivity (Wildman–Crippen MR) is 100 cm³/mol. The summed E-state index contributed by atoms with van der Waals surface area (Å²) >= 11 is 0. The highest BCUT2D eigenvalue weighted by molar-refractivity contribution is 5.91. The monoisotopic (exact) mass is 408 g/mol. The van der Waals surface area contributed by atoms with Gasteiger partial charge in [0.2, 0.25) is 0 Å². The maximum atomic E-state index is 12.5. The molecule has 8 atom stereocenters. The molecule has 0 spiro atoms. The minimum atomic E-state index is -1.72. The first-order chi connectivity index (χ1) is 13.3. The van der Waals surface area contributed by atoms with E-state index in [1.54, 1.807) is 26.8 Å². The van der Waals surface area contributed by atoms with Crippen LogP contribution < -0.4 is 0 Å². The Bertz CT molecular complexity index is 778. The van der Waals surface area contributed by atoms with Crippen molar-refractivity contribution in [3.05, 3.63) is 24.3 Å². The molecule has 0 aromatic heterocycles. The van der Waals surface area contributed by atoms with E-state index < -0.39 is 71.1 Å². The van der Waals surface area contributed by atoms with Gasteiger partial charge in [0.15, 0.2) is 12.2 Å². The first-order valence-electron chi connectivity index (χ1n) is 9.70. The molecule has 1 heterocycles. The first-order valence-corrected chi connectivity index (χ1v) is 9.70. The summed E-state index contributed by atoms with van der Waals surface area (Å²) in [7, 11) is 0. The van der Waals surface area contributed by atoms with Crippen molar-refractivity contribution >= 4 is 17.9 Å². The van der Waals surface area contributed by atoms with Gasteiger partial charge in [-0.05, 0) is 13.8 Å². The molecule has 0 aromatic rings. The molecule has 0 amide bonds. The summed E-state index contributed by atoms with van der Waals surface area (Å²) in [6.45, 7) is 11.3. The van der Waals surface area contributed by atoms with Gasteiger partial charge in [-0.25, -0.2) is 4.79 Å². The summed E-state index contributed by atoms with van der Waals surface area (Å²) in [6, 6.07) is 0. The Morgan fingerprint density at radius 2 is 1.86 bits per heavy atom. The summed E-state index contributed by atoms with van der Waals surface area (Å²) in [6.07, 6.45) is -0.257. The number of carbonyl (C=O) groups is 3. The van der Waals surface area contributed by atoms with Crippen LogP contribution in [0, 0.1) is 23.7 Å². The number of fused-ring (bicyclic) bond motifs is 3. The number of ether oxygens (including phenoxy) is 3. The second-order valence-electron chi connectivity index (χ2n) is 8.87. The molecule has 160 valence electrons. The van der Waals surface area contributed by atoms with E-state index in [4.69, 9.17) is 14.2 Å². The van der Waals surface area contributed by atoms with Gasteiger partial charge in [0.1, 0.15) is 11.7 Å². The molecule has 3 aliphatic rings. The third-order valence-corrected chi connectivity index (χ3v) is 6.24. The van der Waals surface area contributed by atoms with Crippen LogP contribution >= 0.6 is 0 Å². The summed E-state index contributed by atoms with van der Waals surface area (Å²) < 4.78 is 16.7. The van der Waals surface area contributed by atoms with Crippen LogP contribution in [0.1, 0.15) is 34.6 Å². The Labute approximate surface area is 169 Å². The van der Waals surface area contributed by atoms with E-state index in [2.05, 4.69) is 6.58 Å². The quantitative estimate of drug-likeness (QED) is 0.306. The van der Waals surface area contributed by atoms with Gasteiger partial charge in [-0.1, -0.05) is 32.6 Å². The molecule has 8 unspecified atom stereocenters. The molecule has 2 N–H and O–H groups in total. The lowest BCUT2D eigenvalue weighted by atomic mass is 9.73. The lowest BCUT2D eigenvalue weighted by molar-refractivity contribution is -0.197. The van der Waals surface area contributed by atoms with Crippen molar-refractivity contribution in [1.29, 1.82) is 0 Å². The normalized spacial score (nSPS) is 43.4. The minimum absolute atomic E-state index is 0.0489. The number of rotatable bonds is 3. The molecule has 3 rings (SSSR count). The average Bonchev–Trinajstić information content (AvgIpc) is 3.04. The molecule has 29 heavy (non-hydrogen) atoms. The maximum absolute atomic E-state index is 12.5. The highest BCUT2D eigenvalue weighted by Gasteiger charge is 2.66. The van der Waals surface area contributed by atoms with Crippen molar-refractivity contribution in [3.63, 3.8) is 0 Å². The van der Waals surface area contributed by atoms with E-state index in [-0.39, 0.29) is 5.57 Å². The highest BCUT2D eigenvalue weighted by atomic mass is 16.6. The third-order valence-electron chi connectivity index (χ3n) is 6.24. The lowest BCUT2D eigenvalue weighted by Crippen LogP contribution is -2.56. The van der Waals surface area contributed by atoms with Crippen molar-refractivity contribution < 1.29 is 38.8 Å². The van der Waals surface area contributed by atoms with Crippen molar-refractivity contribution in [2.45, 2.75) is 64.1 Å². The summed E-state index contributed by atoms with van der Waals surface area (Å²) in [5.74, 6) is -4.78. The van der Waals surface area contributed by atoms with Crippen LogP contribution in [0.2, 0.25) is 0 Å². The minimum Gasteiger partial charge on any atom is -0.458 e. The van der Waals surface area contributed by atoms with Gasteiger partial charge in [0.25, 0.3) is 0 Å². The van der Waals surface area contributed by atoms with E-state index in [0.29, 0.717) is 0 Å². The van der Waals surface area contributed by atoms with Gasteiger partial charge < -0.3 is 24.4 Å². The molecule has 2 aliphatic carbocycles. The smallest absolute Gasteiger partial charge is 0.334 e. The number of hydrogen-bond acceptors (Lipinski definition) is 8. The Balaban J connectivity index is 2.19. The van der Waals surface area contributed by atoms with E-state index in [0.717, 1.165) is 0 Å². The van der Waals surface area contributed by atoms with Crippen LogP contribution in [-0.4, -0.2) is 57.6 Å². The van der Waals surface area contributed by atoms with Crippen molar-refractivity contribution in [2.24, 2.45) is 23.7 Å². The number of aliphatic hydroxyl groups is 2. The van der Waals surface area contributed by atoms with Crippen LogP contribution in [0.15, 0.2) is 24.3 Å². The number of hydrogen-bond donors (Lipinski definition) is 2. The zero-order chi connectivity index (χ0) is 21.9. The molecule has 1 saturated heterocycles. The van der Waals surface area contributed by atoms with Crippen molar-refractivity contribution in [2.75, 3.05) is 0 Å². The van der Waals surface area contributed by atoms with Crippen LogP contribution in [0.5, 0.6) is 0 Å². The Morgan fingerprint density at radius 1 is 1.24 bits per heavy atom. The highest BCUT2D eigenvalue weighted by Crippen LogP contribution is 2.54. The zero-order valence-electron chi connectivity index (χ0n) is 17.2.